The van der Waals surface area contributed by atoms with E-state index in [0.29, 0.717) is 12.0 Å². The second-order valence-electron chi connectivity index (χ2n) is 7.06. The molecule has 5 heterocycles. The van der Waals surface area contributed by atoms with Gasteiger partial charge in [0.15, 0.2) is 11.5 Å². The van der Waals surface area contributed by atoms with Crippen LogP contribution >= 0.6 is 11.3 Å². The number of aromatic nitrogens is 4. The first-order valence-electron chi connectivity index (χ1n) is 9.04. The topological polar surface area (TPSA) is 96.4 Å². The van der Waals surface area contributed by atoms with E-state index in [4.69, 9.17) is 10.8 Å². The molecule has 2 aliphatic heterocycles. The normalized spacial score (nSPS) is 24.6. The molecule has 0 bridgehead atoms. The second-order valence-corrected chi connectivity index (χ2v) is 7.84. The molecule has 2 aliphatic rings. The van der Waals surface area contributed by atoms with Gasteiger partial charge < -0.3 is 10.6 Å². The quantitative estimate of drug-likeness (QED) is 0.638. The molecule has 5 rings (SSSR count). The average Bonchev–Trinajstić information content (AvgIpc) is 3.41. The number of nitrogens with one attached hydrogen (secondary N) is 2. The molecule has 2 saturated heterocycles. The minimum Gasteiger partial charge on any atom is -0.355 e. The van der Waals surface area contributed by atoms with Gasteiger partial charge in [-0.1, -0.05) is 0 Å². The van der Waals surface area contributed by atoms with Crippen molar-refractivity contribution in [3.63, 3.8) is 0 Å². The molecular weight excluding hydrogens is 348 g/mol. The van der Waals surface area contributed by atoms with Crippen LogP contribution in [-0.2, 0) is 0 Å². The Kier molecular flexibility index (Phi) is 4.08. The lowest BCUT2D eigenvalue weighted by molar-refractivity contribution is 0.310. The fourth-order valence-electron chi connectivity index (χ4n) is 3.97. The molecular formula is C17H22N8S. The summed E-state index contributed by atoms with van der Waals surface area (Å²) in [6, 6.07) is 6.57. The maximum atomic E-state index is 5.94. The fraction of sp³-hybridized carbons (Fsp3) is 0.471. The minimum absolute atomic E-state index is 0.0753. The van der Waals surface area contributed by atoms with Crippen LogP contribution in [0.3, 0.4) is 0 Å². The highest BCUT2D eigenvalue weighted by molar-refractivity contribution is 7.08. The summed E-state index contributed by atoms with van der Waals surface area (Å²) in [5, 5.41) is 17.5. The molecule has 9 heteroatoms. The molecule has 136 valence electrons. The van der Waals surface area contributed by atoms with Gasteiger partial charge in [-0.2, -0.15) is 15.9 Å². The molecule has 2 unspecified atom stereocenters. The predicted molar refractivity (Wildman–Crippen MR) is 102 cm³/mol. The van der Waals surface area contributed by atoms with Crippen molar-refractivity contribution in [2.45, 2.75) is 31.5 Å². The van der Waals surface area contributed by atoms with Crippen LogP contribution in [0.1, 0.15) is 19.3 Å². The molecule has 0 spiro atoms. The van der Waals surface area contributed by atoms with E-state index in [1.807, 2.05) is 28.1 Å². The Balaban J connectivity index is 1.34. The molecule has 2 fully saturated rings. The van der Waals surface area contributed by atoms with Crippen LogP contribution in [0.25, 0.3) is 17.0 Å². The molecule has 0 radical (unpaired) electrons. The average molecular weight is 370 g/mol. The Bertz CT molecular complexity index is 883. The van der Waals surface area contributed by atoms with Crippen molar-refractivity contribution in [2.24, 2.45) is 11.7 Å². The summed E-state index contributed by atoms with van der Waals surface area (Å²) in [6.07, 6.45) is 3.36. The highest BCUT2D eigenvalue weighted by Crippen LogP contribution is 2.27. The third-order valence-electron chi connectivity index (χ3n) is 5.42. The van der Waals surface area contributed by atoms with E-state index < -0.39 is 0 Å². The number of hydrogen-bond donors (Lipinski definition) is 3. The van der Waals surface area contributed by atoms with Crippen LogP contribution in [0.2, 0.25) is 0 Å². The Labute approximate surface area is 155 Å². The Hall–Kier alpha value is -2.07. The first kappa shape index (κ1) is 16.1. The lowest BCUT2D eigenvalue weighted by atomic mass is 9.88. The van der Waals surface area contributed by atoms with Crippen LogP contribution in [-0.4, -0.2) is 45.1 Å². The number of rotatable bonds is 3. The van der Waals surface area contributed by atoms with E-state index in [-0.39, 0.29) is 6.17 Å². The molecule has 0 aromatic carbocycles. The monoisotopic (exact) mass is 370 g/mol. The van der Waals surface area contributed by atoms with Gasteiger partial charge in [0.1, 0.15) is 5.82 Å². The summed E-state index contributed by atoms with van der Waals surface area (Å²) < 4.78 is 1.85. The zero-order valence-corrected chi connectivity index (χ0v) is 15.2. The molecule has 3 aromatic heterocycles. The number of hydrazine groups is 1. The number of hydrogen-bond acceptors (Lipinski definition) is 8. The van der Waals surface area contributed by atoms with Crippen LogP contribution < -0.4 is 21.5 Å². The lowest BCUT2D eigenvalue weighted by Crippen LogP contribution is -2.43. The summed E-state index contributed by atoms with van der Waals surface area (Å²) in [7, 11) is 0. The van der Waals surface area contributed by atoms with Crippen molar-refractivity contribution in [3.8, 4) is 11.4 Å². The third-order valence-corrected chi connectivity index (χ3v) is 6.11. The third kappa shape index (κ3) is 2.86. The lowest BCUT2D eigenvalue weighted by Gasteiger charge is -2.35. The van der Waals surface area contributed by atoms with Crippen LogP contribution in [0.15, 0.2) is 29.0 Å². The maximum Gasteiger partial charge on any atom is 0.186 e. The SMILES string of the molecule is NC1CC(C2CCN(c3ccc4nnc(-c5ccsc5)n4n3)CC2)NN1. The van der Waals surface area contributed by atoms with E-state index in [9.17, 15) is 0 Å². The van der Waals surface area contributed by atoms with Gasteiger partial charge >= 0.3 is 0 Å². The van der Waals surface area contributed by atoms with Gasteiger partial charge in [0.25, 0.3) is 0 Å². The fourth-order valence-corrected chi connectivity index (χ4v) is 4.60. The van der Waals surface area contributed by atoms with Crippen molar-refractivity contribution in [2.75, 3.05) is 18.0 Å². The number of thiophene rings is 1. The first-order chi connectivity index (χ1) is 12.8. The van der Waals surface area contributed by atoms with E-state index in [1.54, 1.807) is 11.3 Å². The number of nitrogens with two attached hydrogens (primary N) is 1. The minimum atomic E-state index is 0.0753. The molecule has 8 nitrogen and oxygen atoms in total. The van der Waals surface area contributed by atoms with Gasteiger partial charge in [-0.3, -0.25) is 5.43 Å². The Morgan fingerprint density at radius 2 is 2.00 bits per heavy atom. The molecule has 0 aliphatic carbocycles. The zero-order chi connectivity index (χ0) is 17.5. The first-order valence-corrected chi connectivity index (χ1v) is 9.99. The van der Waals surface area contributed by atoms with Gasteiger partial charge in [0.2, 0.25) is 0 Å². The van der Waals surface area contributed by atoms with Crippen LogP contribution in [0, 0.1) is 5.92 Å². The predicted octanol–water partition coefficient (Wildman–Crippen LogP) is 1.22. The maximum absolute atomic E-state index is 5.94. The van der Waals surface area contributed by atoms with E-state index in [0.717, 1.165) is 55.2 Å². The van der Waals surface area contributed by atoms with Gasteiger partial charge in [-0.05, 0) is 48.8 Å². The molecule has 2 atom stereocenters. The Morgan fingerprint density at radius 3 is 2.73 bits per heavy atom. The van der Waals surface area contributed by atoms with Crippen LogP contribution in [0.5, 0.6) is 0 Å². The highest BCUT2D eigenvalue weighted by atomic mass is 32.1. The largest absolute Gasteiger partial charge is 0.355 e. The van der Waals surface area contributed by atoms with Crippen molar-refractivity contribution in [3.05, 3.63) is 29.0 Å². The van der Waals surface area contributed by atoms with Gasteiger partial charge in [0, 0.05) is 30.1 Å². The van der Waals surface area contributed by atoms with Crippen molar-refractivity contribution >= 4 is 22.8 Å². The molecule has 26 heavy (non-hydrogen) atoms. The molecule has 3 aromatic rings. The van der Waals surface area contributed by atoms with E-state index in [2.05, 4.69) is 31.3 Å². The van der Waals surface area contributed by atoms with E-state index in [1.165, 1.54) is 0 Å². The number of anilines is 1. The highest BCUT2D eigenvalue weighted by Gasteiger charge is 2.31. The smallest absolute Gasteiger partial charge is 0.186 e. The summed E-state index contributed by atoms with van der Waals surface area (Å²) >= 11 is 1.65. The second kappa shape index (κ2) is 6.58. The molecule has 4 N–H and O–H groups in total. The summed E-state index contributed by atoms with van der Waals surface area (Å²) in [4.78, 5) is 2.36. The number of piperidine rings is 1. The van der Waals surface area contributed by atoms with Gasteiger partial charge in [0.05, 0.1) is 6.17 Å². The Morgan fingerprint density at radius 1 is 1.12 bits per heavy atom. The molecule has 0 saturated carbocycles. The standard InChI is InChI=1S/C17H22N8S/c18-14-9-13(19-20-14)11-3-6-24(7-4-11)16-2-1-15-21-22-17(25(15)23-16)12-5-8-26-10-12/h1-2,5,8,10-11,13-14,19-20H,3-4,6-7,9,18H2. The van der Waals surface area contributed by atoms with Crippen molar-refractivity contribution in [1.29, 1.82) is 0 Å². The van der Waals surface area contributed by atoms with Gasteiger partial charge in [-0.25, -0.2) is 5.43 Å². The molecule has 0 amide bonds. The van der Waals surface area contributed by atoms with Crippen molar-refractivity contribution < 1.29 is 0 Å². The van der Waals surface area contributed by atoms with Crippen LogP contribution in [0.4, 0.5) is 5.82 Å². The number of fused-ring (bicyclic) bond motifs is 1. The van der Waals surface area contributed by atoms with E-state index >= 15 is 0 Å². The summed E-state index contributed by atoms with van der Waals surface area (Å²) in [6.45, 7) is 2.01. The summed E-state index contributed by atoms with van der Waals surface area (Å²) in [5.74, 6) is 2.45. The number of nitrogens with zero attached hydrogens (tertiary/aromatic N) is 5. The summed E-state index contributed by atoms with van der Waals surface area (Å²) in [5.41, 5.74) is 14.3. The van der Waals surface area contributed by atoms with Gasteiger partial charge in [-0.15, -0.1) is 15.3 Å². The zero-order valence-electron chi connectivity index (χ0n) is 14.4. The van der Waals surface area contributed by atoms with Crippen molar-refractivity contribution in [1.82, 2.24) is 30.7 Å².